The van der Waals surface area contributed by atoms with Gasteiger partial charge in [-0.25, -0.2) is 0 Å². The Bertz CT molecular complexity index is 573. The number of hydrogen-bond donors (Lipinski definition) is 0. The Morgan fingerprint density at radius 1 is 1.11 bits per heavy atom. The van der Waals surface area contributed by atoms with Crippen LogP contribution in [0.2, 0.25) is 0 Å². The van der Waals surface area contributed by atoms with Crippen molar-refractivity contribution in [2.24, 2.45) is 4.99 Å². The average Bonchev–Trinajstić information content (AvgIpc) is 2.45. The van der Waals surface area contributed by atoms with Crippen LogP contribution in [0.4, 0.5) is 0 Å². The van der Waals surface area contributed by atoms with Crippen LogP contribution in [0.15, 0.2) is 53.5 Å². The molecule has 0 saturated carbocycles. The third-order valence-electron chi connectivity index (χ3n) is 3.16. The van der Waals surface area contributed by atoms with E-state index in [0.29, 0.717) is 0 Å². The van der Waals surface area contributed by atoms with E-state index in [4.69, 9.17) is 4.74 Å². The van der Waals surface area contributed by atoms with Crippen molar-refractivity contribution >= 4 is 5.71 Å². The minimum atomic E-state index is 0.720. The van der Waals surface area contributed by atoms with E-state index in [1.54, 1.807) is 7.11 Å². The number of hydrogen-bond acceptors (Lipinski definition) is 2. The zero-order valence-corrected chi connectivity index (χ0v) is 11.7. The lowest BCUT2D eigenvalue weighted by molar-refractivity contribution is 0.414. The highest BCUT2D eigenvalue weighted by molar-refractivity contribution is 6.00. The fourth-order valence-corrected chi connectivity index (χ4v) is 2.05. The summed E-state index contributed by atoms with van der Waals surface area (Å²) in [5.74, 6) is 0.886. The Kier molecular flexibility index (Phi) is 4.35. The van der Waals surface area contributed by atoms with Gasteiger partial charge in [0.25, 0.3) is 0 Å². The fourth-order valence-electron chi connectivity index (χ4n) is 2.05. The zero-order chi connectivity index (χ0) is 13.7. The predicted molar refractivity (Wildman–Crippen MR) is 80.1 cm³/mol. The summed E-state index contributed by atoms with van der Waals surface area (Å²) in [6.45, 7) is 4.86. The van der Waals surface area contributed by atoms with Crippen LogP contribution in [0.1, 0.15) is 23.6 Å². The predicted octanol–water partition coefficient (Wildman–Crippen LogP) is 4.01. The van der Waals surface area contributed by atoms with Gasteiger partial charge in [-0.15, -0.1) is 0 Å². The van der Waals surface area contributed by atoms with E-state index in [0.717, 1.165) is 18.0 Å². The van der Waals surface area contributed by atoms with Crippen molar-refractivity contribution < 1.29 is 4.74 Å². The Hall–Kier alpha value is -2.09. The highest BCUT2D eigenvalue weighted by Crippen LogP contribution is 2.18. The molecule has 0 aliphatic heterocycles. The van der Waals surface area contributed by atoms with Crippen molar-refractivity contribution in [3.05, 3.63) is 65.2 Å². The lowest BCUT2D eigenvalue weighted by Crippen LogP contribution is -1.99. The first-order chi connectivity index (χ1) is 9.20. The maximum absolute atomic E-state index is 5.22. The first-order valence-corrected chi connectivity index (χ1v) is 6.40. The largest absolute Gasteiger partial charge is 0.497 e. The molecule has 2 aromatic rings. The molecule has 0 heterocycles. The maximum atomic E-state index is 5.22. The Labute approximate surface area is 114 Å². The Balaban J connectivity index is 2.17. The van der Waals surface area contributed by atoms with E-state index in [1.165, 1.54) is 16.7 Å². The van der Waals surface area contributed by atoms with Crippen LogP contribution in [0, 0.1) is 6.92 Å². The van der Waals surface area contributed by atoms with E-state index in [1.807, 2.05) is 30.3 Å². The summed E-state index contributed by atoms with van der Waals surface area (Å²) in [7, 11) is 1.69. The zero-order valence-electron chi connectivity index (χ0n) is 11.7. The molecule has 0 aliphatic rings. The van der Waals surface area contributed by atoms with Gasteiger partial charge in [-0.1, -0.05) is 30.3 Å². The number of methoxy groups -OCH3 is 1. The van der Waals surface area contributed by atoms with Gasteiger partial charge in [0.15, 0.2) is 0 Å². The van der Waals surface area contributed by atoms with Crippen molar-refractivity contribution in [1.29, 1.82) is 0 Å². The lowest BCUT2D eigenvalue weighted by atomic mass is 10.0. The number of aryl methyl sites for hydroxylation is 1. The third-order valence-corrected chi connectivity index (χ3v) is 3.16. The van der Waals surface area contributed by atoms with Gasteiger partial charge in [-0.05, 0) is 48.7 Å². The van der Waals surface area contributed by atoms with E-state index < -0.39 is 0 Å². The molecule has 98 valence electrons. The van der Waals surface area contributed by atoms with Crippen LogP contribution in [-0.4, -0.2) is 12.8 Å². The first-order valence-electron chi connectivity index (χ1n) is 6.40. The molecule has 0 radical (unpaired) electrons. The van der Waals surface area contributed by atoms with Gasteiger partial charge in [-0.2, -0.15) is 0 Å². The van der Waals surface area contributed by atoms with E-state index in [9.17, 15) is 0 Å². The molecule has 0 atom stereocenters. The highest BCUT2D eigenvalue weighted by atomic mass is 16.5. The SMILES string of the molecule is COc1ccc(C(C)=NCc2ccccc2)c(C)c1. The molecule has 19 heavy (non-hydrogen) atoms. The summed E-state index contributed by atoms with van der Waals surface area (Å²) < 4.78 is 5.22. The molecule has 0 unspecified atom stereocenters. The van der Waals surface area contributed by atoms with Crippen molar-refractivity contribution in [3.8, 4) is 5.75 Å². The van der Waals surface area contributed by atoms with Crippen LogP contribution < -0.4 is 4.74 Å². The highest BCUT2D eigenvalue weighted by Gasteiger charge is 2.03. The van der Waals surface area contributed by atoms with Gasteiger partial charge >= 0.3 is 0 Å². The van der Waals surface area contributed by atoms with E-state index >= 15 is 0 Å². The second kappa shape index (κ2) is 6.19. The molecular weight excluding hydrogens is 234 g/mol. The lowest BCUT2D eigenvalue weighted by Gasteiger charge is -2.08. The number of aliphatic imine (C=N–C) groups is 1. The van der Waals surface area contributed by atoms with E-state index in [-0.39, 0.29) is 0 Å². The Morgan fingerprint density at radius 3 is 2.47 bits per heavy atom. The van der Waals surface area contributed by atoms with Crippen LogP contribution >= 0.6 is 0 Å². The molecule has 0 spiro atoms. The molecular formula is C17H19NO. The average molecular weight is 253 g/mol. The summed E-state index contributed by atoms with van der Waals surface area (Å²) >= 11 is 0. The van der Waals surface area contributed by atoms with Crippen LogP contribution in [0.3, 0.4) is 0 Å². The smallest absolute Gasteiger partial charge is 0.119 e. The van der Waals surface area contributed by atoms with E-state index in [2.05, 4.69) is 37.0 Å². The van der Waals surface area contributed by atoms with Crippen molar-refractivity contribution in [2.45, 2.75) is 20.4 Å². The minimum Gasteiger partial charge on any atom is -0.497 e. The molecule has 2 aromatic carbocycles. The number of benzene rings is 2. The normalized spacial score (nSPS) is 11.4. The van der Waals surface area contributed by atoms with Gasteiger partial charge in [-0.3, -0.25) is 4.99 Å². The topological polar surface area (TPSA) is 21.6 Å². The molecule has 2 rings (SSSR count). The van der Waals surface area contributed by atoms with Gasteiger partial charge < -0.3 is 4.74 Å². The Morgan fingerprint density at radius 2 is 1.84 bits per heavy atom. The van der Waals surface area contributed by atoms with Gasteiger partial charge in [0.05, 0.1) is 13.7 Å². The van der Waals surface area contributed by atoms with Crippen LogP contribution in [0.5, 0.6) is 5.75 Å². The van der Waals surface area contributed by atoms with Crippen LogP contribution in [0.25, 0.3) is 0 Å². The maximum Gasteiger partial charge on any atom is 0.119 e. The molecule has 2 heteroatoms. The molecule has 0 amide bonds. The summed E-state index contributed by atoms with van der Waals surface area (Å²) in [4.78, 5) is 4.66. The second-order valence-electron chi connectivity index (χ2n) is 4.57. The summed E-state index contributed by atoms with van der Waals surface area (Å²) in [5, 5.41) is 0. The monoisotopic (exact) mass is 253 g/mol. The number of rotatable bonds is 4. The first kappa shape index (κ1) is 13.3. The summed E-state index contributed by atoms with van der Waals surface area (Å²) in [5.41, 5.74) is 4.66. The molecule has 0 saturated heterocycles. The number of ether oxygens (including phenoxy) is 1. The summed E-state index contributed by atoms with van der Waals surface area (Å²) in [6, 6.07) is 16.4. The van der Waals surface area contributed by atoms with Crippen LogP contribution in [-0.2, 0) is 6.54 Å². The molecule has 0 bridgehead atoms. The minimum absolute atomic E-state index is 0.720. The van der Waals surface area contributed by atoms with Crippen molar-refractivity contribution in [1.82, 2.24) is 0 Å². The molecule has 0 N–H and O–H groups in total. The van der Waals surface area contributed by atoms with Crippen molar-refractivity contribution in [3.63, 3.8) is 0 Å². The number of nitrogens with zero attached hydrogens (tertiary/aromatic N) is 1. The quantitative estimate of drug-likeness (QED) is 0.754. The van der Waals surface area contributed by atoms with Gasteiger partial charge in [0, 0.05) is 5.71 Å². The van der Waals surface area contributed by atoms with Gasteiger partial charge in [0.1, 0.15) is 5.75 Å². The van der Waals surface area contributed by atoms with Crippen molar-refractivity contribution in [2.75, 3.05) is 7.11 Å². The molecule has 0 fully saturated rings. The fraction of sp³-hybridized carbons (Fsp3) is 0.235. The van der Waals surface area contributed by atoms with Gasteiger partial charge in [0.2, 0.25) is 0 Å². The molecule has 2 nitrogen and oxygen atoms in total. The second-order valence-corrected chi connectivity index (χ2v) is 4.57. The standard InChI is InChI=1S/C17H19NO/c1-13-11-16(19-3)9-10-17(13)14(2)18-12-15-7-5-4-6-8-15/h4-11H,12H2,1-3H3. The summed E-state index contributed by atoms with van der Waals surface area (Å²) in [6.07, 6.45) is 0. The molecule has 0 aromatic heterocycles. The molecule has 0 aliphatic carbocycles. The third kappa shape index (κ3) is 3.44.